The standard InChI is InChI=1S/C11H23N3O4/c1-5-7(15)6(14-10(12)13)8(16)9(17-5)18-11(2,3)4/h5-9,15-16H,1-4H3,(H4,12,13,14)/t5-,6+,7-,8+,9+/m1/s1. The molecule has 18 heavy (non-hydrogen) atoms. The normalized spacial score (nSPS) is 37.3. The van der Waals surface area contributed by atoms with Gasteiger partial charge in [0.05, 0.1) is 11.7 Å². The van der Waals surface area contributed by atoms with Crippen molar-refractivity contribution in [2.45, 2.75) is 63.9 Å². The zero-order valence-corrected chi connectivity index (χ0v) is 11.2. The molecule has 1 aliphatic rings. The van der Waals surface area contributed by atoms with Gasteiger partial charge in [0.25, 0.3) is 0 Å². The van der Waals surface area contributed by atoms with E-state index < -0.39 is 36.2 Å². The third-order valence-corrected chi connectivity index (χ3v) is 2.58. The number of rotatable bonds is 2. The minimum absolute atomic E-state index is 0.193. The number of hydrogen-bond donors (Lipinski definition) is 4. The molecule has 0 aromatic rings. The fourth-order valence-electron chi connectivity index (χ4n) is 1.78. The molecular formula is C11H23N3O4. The Balaban J connectivity index is 2.87. The largest absolute Gasteiger partial charge is 0.388 e. The van der Waals surface area contributed by atoms with E-state index in [1.54, 1.807) is 6.92 Å². The average molecular weight is 261 g/mol. The lowest BCUT2D eigenvalue weighted by molar-refractivity contribution is -0.292. The number of aliphatic hydroxyl groups is 2. The highest BCUT2D eigenvalue weighted by atomic mass is 16.7. The third kappa shape index (κ3) is 3.81. The molecule has 5 atom stereocenters. The highest BCUT2D eigenvalue weighted by Gasteiger charge is 2.44. The van der Waals surface area contributed by atoms with Gasteiger partial charge in [0, 0.05) is 0 Å². The quantitative estimate of drug-likeness (QED) is 0.370. The number of nitrogens with zero attached hydrogens (tertiary/aromatic N) is 1. The molecule has 0 bridgehead atoms. The van der Waals surface area contributed by atoms with Crippen LogP contribution in [0.4, 0.5) is 0 Å². The molecule has 0 radical (unpaired) electrons. The Morgan fingerprint density at radius 3 is 2.22 bits per heavy atom. The summed E-state index contributed by atoms with van der Waals surface area (Å²) in [6.45, 7) is 7.20. The maximum atomic E-state index is 10.1. The van der Waals surface area contributed by atoms with Crippen LogP contribution < -0.4 is 11.5 Å². The molecule has 1 aliphatic heterocycles. The van der Waals surface area contributed by atoms with Gasteiger partial charge in [0.2, 0.25) is 0 Å². The Labute approximate surface area is 107 Å². The Hall–Kier alpha value is -0.890. The molecule has 7 nitrogen and oxygen atoms in total. The number of nitrogens with two attached hydrogens (primary N) is 2. The van der Waals surface area contributed by atoms with Crippen LogP contribution in [0.15, 0.2) is 4.99 Å². The predicted molar refractivity (Wildman–Crippen MR) is 66.8 cm³/mol. The minimum atomic E-state index is -1.13. The van der Waals surface area contributed by atoms with Crippen LogP contribution in [0.2, 0.25) is 0 Å². The van der Waals surface area contributed by atoms with Crippen LogP contribution in [0.5, 0.6) is 0 Å². The fourth-order valence-corrected chi connectivity index (χ4v) is 1.78. The van der Waals surface area contributed by atoms with Gasteiger partial charge >= 0.3 is 0 Å². The van der Waals surface area contributed by atoms with Crippen LogP contribution in [0.25, 0.3) is 0 Å². The second-order valence-electron chi connectivity index (χ2n) is 5.47. The third-order valence-electron chi connectivity index (χ3n) is 2.58. The summed E-state index contributed by atoms with van der Waals surface area (Å²) in [6.07, 6.45) is -3.52. The number of ether oxygens (including phenoxy) is 2. The van der Waals surface area contributed by atoms with E-state index in [1.807, 2.05) is 20.8 Å². The monoisotopic (exact) mass is 261 g/mol. The Morgan fingerprint density at radius 2 is 1.78 bits per heavy atom. The summed E-state index contributed by atoms with van der Waals surface area (Å²) in [7, 11) is 0. The van der Waals surface area contributed by atoms with Gasteiger partial charge in [-0.2, -0.15) is 0 Å². The van der Waals surface area contributed by atoms with Crippen LogP contribution in [-0.2, 0) is 9.47 Å². The fraction of sp³-hybridized carbons (Fsp3) is 0.909. The summed E-state index contributed by atoms with van der Waals surface area (Å²) in [5.74, 6) is -0.193. The first-order valence-corrected chi connectivity index (χ1v) is 5.90. The van der Waals surface area contributed by atoms with Crippen molar-refractivity contribution in [2.75, 3.05) is 0 Å². The number of hydrogen-bond acceptors (Lipinski definition) is 5. The van der Waals surface area contributed by atoms with E-state index in [9.17, 15) is 10.2 Å². The van der Waals surface area contributed by atoms with Gasteiger partial charge in [0.15, 0.2) is 12.2 Å². The lowest BCUT2D eigenvalue weighted by Crippen LogP contribution is -2.58. The molecule has 0 spiro atoms. The van der Waals surface area contributed by atoms with Gasteiger partial charge in [-0.3, -0.25) is 0 Å². The molecule has 106 valence electrons. The van der Waals surface area contributed by atoms with Gasteiger partial charge in [-0.05, 0) is 27.7 Å². The number of aliphatic imine (C=N–C) groups is 1. The molecule has 1 fully saturated rings. The molecule has 0 aromatic heterocycles. The minimum Gasteiger partial charge on any atom is -0.388 e. The molecule has 7 heteroatoms. The van der Waals surface area contributed by atoms with Crippen molar-refractivity contribution < 1.29 is 19.7 Å². The Morgan fingerprint density at radius 1 is 1.22 bits per heavy atom. The van der Waals surface area contributed by atoms with Gasteiger partial charge in [-0.25, -0.2) is 4.99 Å². The summed E-state index contributed by atoms with van der Waals surface area (Å²) in [6, 6.07) is -0.855. The highest BCUT2D eigenvalue weighted by Crippen LogP contribution is 2.27. The van der Waals surface area contributed by atoms with Gasteiger partial charge in [-0.15, -0.1) is 0 Å². The lowest BCUT2D eigenvalue weighted by Gasteiger charge is -2.41. The van der Waals surface area contributed by atoms with E-state index in [0.717, 1.165) is 0 Å². The van der Waals surface area contributed by atoms with Crippen LogP contribution in [0.1, 0.15) is 27.7 Å². The molecule has 0 unspecified atom stereocenters. The second-order valence-corrected chi connectivity index (χ2v) is 5.47. The molecule has 0 amide bonds. The maximum Gasteiger partial charge on any atom is 0.186 e. The van der Waals surface area contributed by atoms with E-state index in [1.165, 1.54) is 0 Å². The van der Waals surface area contributed by atoms with Crippen molar-refractivity contribution in [2.24, 2.45) is 16.5 Å². The van der Waals surface area contributed by atoms with Crippen LogP contribution in [0.3, 0.4) is 0 Å². The predicted octanol–water partition coefficient (Wildman–Crippen LogP) is -1.09. The summed E-state index contributed by atoms with van der Waals surface area (Å²) in [5.41, 5.74) is 10.1. The first kappa shape index (κ1) is 15.2. The van der Waals surface area contributed by atoms with Crippen LogP contribution in [0, 0.1) is 0 Å². The van der Waals surface area contributed by atoms with Crippen molar-refractivity contribution in [1.29, 1.82) is 0 Å². The molecule has 0 saturated carbocycles. The highest BCUT2D eigenvalue weighted by molar-refractivity contribution is 5.76. The van der Waals surface area contributed by atoms with Gasteiger partial charge < -0.3 is 31.2 Å². The van der Waals surface area contributed by atoms with E-state index >= 15 is 0 Å². The van der Waals surface area contributed by atoms with Crippen LogP contribution in [-0.4, -0.2) is 52.4 Å². The molecule has 1 saturated heterocycles. The SMILES string of the molecule is C[C@H]1O[C@@H](OC(C)(C)C)[C@@H](O)[C@@H](N=C(N)N)[C@@H]1O. The van der Waals surface area contributed by atoms with Crippen LogP contribution >= 0.6 is 0 Å². The van der Waals surface area contributed by atoms with Crippen molar-refractivity contribution in [1.82, 2.24) is 0 Å². The molecule has 0 aromatic carbocycles. The van der Waals surface area contributed by atoms with E-state index in [0.29, 0.717) is 0 Å². The molecule has 0 aliphatic carbocycles. The zero-order chi connectivity index (χ0) is 14.1. The molecule has 1 heterocycles. The first-order chi connectivity index (χ1) is 8.11. The summed E-state index contributed by atoms with van der Waals surface area (Å²) in [5, 5.41) is 20.0. The molecule has 6 N–H and O–H groups in total. The summed E-state index contributed by atoms with van der Waals surface area (Å²) < 4.78 is 11.0. The molecule has 1 rings (SSSR count). The Kier molecular flexibility index (Phi) is 4.55. The smallest absolute Gasteiger partial charge is 0.186 e. The van der Waals surface area contributed by atoms with E-state index in [4.69, 9.17) is 20.9 Å². The lowest BCUT2D eigenvalue weighted by atomic mass is 9.97. The topological polar surface area (TPSA) is 123 Å². The maximum absolute atomic E-state index is 10.1. The average Bonchev–Trinajstić information content (AvgIpc) is 2.18. The van der Waals surface area contributed by atoms with Gasteiger partial charge in [-0.1, -0.05) is 0 Å². The van der Waals surface area contributed by atoms with Crippen molar-refractivity contribution >= 4 is 5.96 Å². The van der Waals surface area contributed by atoms with Gasteiger partial charge in [0.1, 0.15) is 18.2 Å². The number of guanidine groups is 1. The zero-order valence-electron chi connectivity index (χ0n) is 11.2. The van der Waals surface area contributed by atoms with E-state index in [2.05, 4.69) is 4.99 Å². The first-order valence-electron chi connectivity index (χ1n) is 5.90. The van der Waals surface area contributed by atoms with E-state index in [-0.39, 0.29) is 5.96 Å². The summed E-state index contributed by atoms with van der Waals surface area (Å²) in [4.78, 5) is 3.84. The van der Waals surface area contributed by atoms with Crippen molar-refractivity contribution in [3.8, 4) is 0 Å². The summed E-state index contributed by atoms with van der Waals surface area (Å²) >= 11 is 0. The second kappa shape index (κ2) is 5.40. The Bertz CT molecular complexity index is 312. The number of aliphatic hydroxyl groups excluding tert-OH is 2. The van der Waals surface area contributed by atoms with Crippen molar-refractivity contribution in [3.63, 3.8) is 0 Å². The van der Waals surface area contributed by atoms with Crippen molar-refractivity contribution in [3.05, 3.63) is 0 Å². The molecular weight excluding hydrogens is 238 g/mol.